The third-order valence-electron chi connectivity index (χ3n) is 2.35. The lowest BCUT2D eigenvalue weighted by molar-refractivity contribution is -0.568. The van der Waals surface area contributed by atoms with Gasteiger partial charge in [0.2, 0.25) is 0 Å². The normalized spacial score (nSPS) is 9.87. The van der Waals surface area contributed by atoms with Crippen LogP contribution in [0.25, 0.3) is 6.20 Å². The van der Waals surface area contributed by atoms with Crippen LogP contribution in [0.3, 0.4) is 0 Å². The van der Waals surface area contributed by atoms with Crippen LogP contribution >= 0.6 is 0 Å². The van der Waals surface area contributed by atoms with Crippen molar-refractivity contribution in [2.75, 3.05) is 0 Å². The smallest absolute Gasteiger partial charge is 0.174 e. The summed E-state index contributed by atoms with van der Waals surface area (Å²) in [5, 5.41) is 0. The monoisotopic (exact) mass is 196 g/mol. The van der Waals surface area contributed by atoms with Gasteiger partial charge in [0.15, 0.2) is 18.6 Å². The van der Waals surface area contributed by atoms with E-state index in [1.54, 1.807) is 6.20 Å². The molecule has 0 aliphatic rings. The molecular weight excluding hydrogens is 182 g/mol. The first kappa shape index (κ1) is 9.66. The molecule has 0 fully saturated rings. The molecule has 1 aromatic heterocycles. The fraction of sp³-hybridized carbons (Fsp3) is 0.0714. The van der Waals surface area contributed by atoms with Crippen molar-refractivity contribution in [1.29, 1.82) is 0 Å². The van der Waals surface area contributed by atoms with Crippen molar-refractivity contribution in [3.05, 3.63) is 72.6 Å². The Bertz CT molecular complexity index is 446. The zero-order valence-electron chi connectivity index (χ0n) is 8.63. The van der Waals surface area contributed by atoms with E-state index in [4.69, 9.17) is 0 Å². The van der Waals surface area contributed by atoms with Gasteiger partial charge in [0.1, 0.15) is 0 Å². The van der Waals surface area contributed by atoms with Gasteiger partial charge in [-0.2, -0.15) is 4.57 Å². The van der Waals surface area contributed by atoms with E-state index < -0.39 is 0 Å². The second-order valence-corrected chi connectivity index (χ2v) is 3.50. The number of benzene rings is 1. The zero-order valence-corrected chi connectivity index (χ0v) is 8.63. The Hall–Kier alpha value is -1.89. The molecule has 0 aliphatic heterocycles. The van der Waals surface area contributed by atoms with Crippen LogP contribution in [-0.2, 0) is 6.42 Å². The van der Waals surface area contributed by atoms with Crippen molar-refractivity contribution in [3.63, 3.8) is 0 Å². The number of nitrogens with zero attached hydrogens (tertiary/aromatic N) is 1. The van der Waals surface area contributed by atoms with E-state index in [0.717, 1.165) is 6.42 Å². The minimum absolute atomic E-state index is 0.968. The summed E-state index contributed by atoms with van der Waals surface area (Å²) >= 11 is 0. The highest BCUT2D eigenvalue weighted by molar-refractivity contribution is 5.23. The third kappa shape index (κ3) is 2.53. The Morgan fingerprint density at radius 2 is 1.73 bits per heavy atom. The second-order valence-electron chi connectivity index (χ2n) is 3.50. The summed E-state index contributed by atoms with van der Waals surface area (Å²) in [5.41, 5.74) is 2.63. The standard InChI is InChI=1S/C14H14N/c1-2-15-10-6-9-14(12-15)11-13-7-4-3-5-8-13/h2-10,12H,1,11H2/q+1. The lowest BCUT2D eigenvalue weighted by Crippen LogP contribution is -2.24. The first-order chi connectivity index (χ1) is 7.38. The summed E-state index contributed by atoms with van der Waals surface area (Å²) in [7, 11) is 0. The molecule has 1 heteroatoms. The average Bonchev–Trinajstić information content (AvgIpc) is 2.31. The summed E-state index contributed by atoms with van der Waals surface area (Å²) in [6, 6.07) is 14.6. The molecule has 0 radical (unpaired) electrons. The molecule has 15 heavy (non-hydrogen) atoms. The number of aromatic nitrogens is 1. The van der Waals surface area contributed by atoms with Crippen LogP contribution in [0.15, 0.2) is 61.4 Å². The topological polar surface area (TPSA) is 3.88 Å². The molecule has 2 aromatic rings. The van der Waals surface area contributed by atoms with Gasteiger partial charge in [-0.15, -0.1) is 0 Å². The van der Waals surface area contributed by atoms with E-state index in [9.17, 15) is 0 Å². The molecule has 0 saturated heterocycles. The molecule has 74 valence electrons. The van der Waals surface area contributed by atoms with E-state index in [0.29, 0.717) is 0 Å². The Labute approximate surface area is 90.3 Å². The highest BCUT2D eigenvalue weighted by Gasteiger charge is 2.00. The molecule has 0 N–H and O–H groups in total. The van der Waals surface area contributed by atoms with Crippen LogP contribution in [0.4, 0.5) is 0 Å². The molecule has 0 aliphatic carbocycles. The minimum atomic E-state index is 0.968. The van der Waals surface area contributed by atoms with E-state index >= 15 is 0 Å². The van der Waals surface area contributed by atoms with Gasteiger partial charge in [-0.1, -0.05) is 30.3 Å². The maximum atomic E-state index is 3.74. The van der Waals surface area contributed by atoms with Gasteiger partial charge >= 0.3 is 0 Å². The van der Waals surface area contributed by atoms with Gasteiger partial charge < -0.3 is 0 Å². The molecule has 1 nitrogen and oxygen atoms in total. The maximum absolute atomic E-state index is 3.74. The molecule has 0 saturated carbocycles. The van der Waals surface area contributed by atoms with E-state index in [1.807, 2.05) is 22.9 Å². The Kier molecular flexibility index (Phi) is 2.93. The van der Waals surface area contributed by atoms with Gasteiger partial charge in [0.05, 0.1) is 0 Å². The van der Waals surface area contributed by atoms with Gasteiger partial charge in [0.25, 0.3) is 0 Å². The van der Waals surface area contributed by atoms with Gasteiger partial charge in [-0.3, -0.25) is 0 Å². The van der Waals surface area contributed by atoms with Crippen LogP contribution in [-0.4, -0.2) is 0 Å². The first-order valence-electron chi connectivity index (χ1n) is 5.04. The molecule has 0 amide bonds. The van der Waals surface area contributed by atoms with Crippen molar-refractivity contribution in [1.82, 2.24) is 0 Å². The largest absolute Gasteiger partial charge is 0.177 e. The van der Waals surface area contributed by atoms with Crippen LogP contribution in [0.2, 0.25) is 0 Å². The Morgan fingerprint density at radius 3 is 2.47 bits per heavy atom. The predicted octanol–water partition coefficient (Wildman–Crippen LogP) is 2.67. The van der Waals surface area contributed by atoms with Crippen LogP contribution in [0.5, 0.6) is 0 Å². The summed E-state index contributed by atoms with van der Waals surface area (Å²) in [4.78, 5) is 0. The molecular formula is C14H14N+. The van der Waals surface area contributed by atoms with Crippen molar-refractivity contribution in [2.24, 2.45) is 0 Å². The average molecular weight is 196 g/mol. The van der Waals surface area contributed by atoms with E-state index in [1.165, 1.54) is 11.1 Å². The number of hydrogen-bond acceptors (Lipinski definition) is 0. The summed E-state index contributed by atoms with van der Waals surface area (Å²) in [5.74, 6) is 0. The SMILES string of the molecule is C=C[n+]1cccc(Cc2ccccc2)c1. The summed E-state index contributed by atoms with van der Waals surface area (Å²) in [6.07, 6.45) is 6.85. The second kappa shape index (κ2) is 4.56. The van der Waals surface area contributed by atoms with Crippen molar-refractivity contribution in [3.8, 4) is 0 Å². The molecule has 0 spiro atoms. The van der Waals surface area contributed by atoms with Crippen molar-refractivity contribution < 1.29 is 4.57 Å². The number of pyridine rings is 1. The van der Waals surface area contributed by atoms with Crippen molar-refractivity contribution >= 4 is 6.20 Å². The quantitative estimate of drug-likeness (QED) is 0.664. The Morgan fingerprint density at radius 1 is 1.00 bits per heavy atom. The van der Waals surface area contributed by atoms with Gasteiger partial charge in [0, 0.05) is 18.1 Å². The maximum Gasteiger partial charge on any atom is 0.177 e. The fourth-order valence-corrected chi connectivity index (χ4v) is 1.59. The van der Waals surface area contributed by atoms with E-state index in [2.05, 4.69) is 43.1 Å². The number of hydrogen-bond donors (Lipinski definition) is 0. The first-order valence-corrected chi connectivity index (χ1v) is 5.04. The third-order valence-corrected chi connectivity index (χ3v) is 2.35. The molecule has 0 bridgehead atoms. The highest BCUT2D eigenvalue weighted by atomic mass is 14.9. The molecule has 1 heterocycles. The minimum Gasteiger partial charge on any atom is -0.174 e. The zero-order chi connectivity index (χ0) is 10.5. The molecule has 2 rings (SSSR count). The van der Waals surface area contributed by atoms with Crippen molar-refractivity contribution in [2.45, 2.75) is 6.42 Å². The van der Waals surface area contributed by atoms with Crippen LogP contribution in [0.1, 0.15) is 11.1 Å². The van der Waals surface area contributed by atoms with Gasteiger partial charge in [-0.25, -0.2) is 0 Å². The Balaban J connectivity index is 2.21. The highest BCUT2D eigenvalue weighted by Crippen LogP contribution is 2.06. The van der Waals surface area contributed by atoms with E-state index in [-0.39, 0.29) is 0 Å². The van der Waals surface area contributed by atoms with Crippen LogP contribution < -0.4 is 4.57 Å². The number of rotatable bonds is 3. The van der Waals surface area contributed by atoms with Gasteiger partial charge in [-0.05, 0) is 18.2 Å². The lowest BCUT2D eigenvalue weighted by atomic mass is 10.1. The van der Waals surface area contributed by atoms with Crippen LogP contribution in [0, 0.1) is 0 Å². The molecule has 0 unspecified atom stereocenters. The summed E-state index contributed by atoms with van der Waals surface area (Å²) in [6.45, 7) is 3.74. The molecule has 1 aromatic carbocycles. The fourth-order valence-electron chi connectivity index (χ4n) is 1.59. The molecule has 0 atom stereocenters. The predicted molar refractivity (Wildman–Crippen MR) is 62.3 cm³/mol. The lowest BCUT2D eigenvalue weighted by Gasteiger charge is -1.99. The summed E-state index contributed by atoms with van der Waals surface area (Å²) < 4.78 is 1.97.